The molecule has 1 atom stereocenters. The molecule has 3 N–H and O–H groups in total. The van der Waals surface area contributed by atoms with Gasteiger partial charge in [-0.25, -0.2) is 4.79 Å². The summed E-state index contributed by atoms with van der Waals surface area (Å²) in [5, 5.41) is 15.2. The summed E-state index contributed by atoms with van der Waals surface area (Å²) in [5.41, 5.74) is 1.13. The van der Waals surface area contributed by atoms with Gasteiger partial charge >= 0.3 is 5.97 Å². The highest BCUT2D eigenvalue weighted by atomic mass is 32.1. The quantitative estimate of drug-likeness (QED) is 0.786. The van der Waals surface area contributed by atoms with Gasteiger partial charge in [0.15, 0.2) is 0 Å². The first kappa shape index (κ1) is 14.1. The van der Waals surface area contributed by atoms with Crippen molar-refractivity contribution in [2.45, 2.75) is 32.1 Å². The number of fused-ring (bicyclic) bond motifs is 1. The number of amides is 2. The maximum Gasteiger partial charge on any atom is 0.339 e. The molecule has 21 heavy (non-hydrogen) atoms. The molecule has 1 aliphatic carbocycles. The molecule has 1 aliphatic heterocycles. The standard InChI is InChI=1S/C14H16N2O4S/c17-10-5-4-7(6-15-10)12(18)16-13-11(14(19)20)8-2-1-3-9(8)21-13/h7H,1-6H2,(H,15,17)(H,16,18)(H,19,20). The van der Waals surface area contributed by atoms with Crippen molar-refractivity contribution in [1.82, 2.24) is 5.32 Å². The Morgan fingerprint density at radius 2 is 2.10 bits per heavy atom. The van der Waals surface area contributed by atoms with Gasteiger partial charge in [-0.3, -0.25) is 9.59 Å². The average Bonchev–Trinajstić information content (AvgIpc) is 2.98. The third-order valence-electron chi connectivity index (χ3n) is 4.01. The lowest BCUT2D eigenvalue weighted by Gasteiger charge is -2.21. The highest BCUT2D eigenvalue weighted by molar-refractivity contribution is 7.17. The molecule has 112 valence electrons. The Morgan fingerprint density at radius 1 is 1.29 bits per heavy atom. The van der Waals surface area contributed by atoms with Crippen molar-refractivity contribution >= 4 is 34.1 Å². The number of rotatable bonds is 3. The van der Waals surface area contributed by atoms with Crippen molar-refractivity contribution in [3.8, 4) is 0 Å². The van der Waals surface area contributed by atoms with Gasteiger partial charge in [0.05, 0.1) is 11.5 Å². The summed E-state index contributed by atoms with van der Waals surface area (Å²) in [4.78, 5) is 35.8. The predicted molar refractivity (Wildman–Crippen MR) is 77.7 cm³/mol. The van der Waals surface area contributed by atoms with E-state index in [0.717, 1.165) is 29.7 Å². The highest BCUT2D eigenvalue weighted by Gasteiger charge is 2.30. The van der Waals surface area contributed by atoms with E-state index in [4.69, 9.17) is 0 Å². The number of thiophene rings is 1. The molecular weight excluding hydrogens is 292 g/mol. The van der Waals surface area contributed by atoms with Crippen LogP contribution in [0.5, 0.6) is 0 Å². The third-order valence-corrected chi connectivity index (χ3v) is 5.22. The van der Waals surface area contributed by atoms with Gasteiger partial charge in [0.1, 0.15) is 5.00 Å². The second-order valence-electron chi connectivity index (χ2n) is 5.40. The Bertz CT molecular complexity index is 613. The highest BCUT2D eigenvalue weighted by Crippen LogP contribution is 2.39. The van der Waals surface area contributed by atoms with E-state index in [0.29, 0.717) is 24.4 Å². The number of aryl methyl sites for hydroxylation is 1. The van der Waals surface area contributed by atoms with E-state index in [9.17, 15) is 19.5 Å². The van der Waals surface area contributed by atoms with Gasteiger partial charge in [-0.1, -0.05) is 0 Å². The van der Waals surface area contributed by atoms with Crippen molar-refractivity contribution in [2.24, 2.45) is 5.92 Å². The Morgan fingerprint density at radius 3 is 2.76 bits per heavy atom. The van der Waals surface area contributed by atoms with Crippen LogP contribution in [0, 0.1) is 5.92 Å². The first-order chi connectivity index (χ1) is 10.1. The van der Waals surface area contributed by atoms with Crippen LogP contribution in [0.4, 0.5) is 5.00 Å². The molecule has 0 saturated carbocycles. The van der Waals surface area contributed by atoms with Gasteiger partial charge < -0.3 is 15.7 Å². The lowest BCUT2D eigenvalue weighted by Crippen LogP contribution is -2.40. The molecule has 6 nitrogen and oxygen atoms in total. The summed E-state index contributed by atoms with van der Waals surface area (Å²) in [5.74, 6) is -1.53. The fourth-order valence-corrected chi connectivity index (χ4v) is 4.17. The van der Waals surface area contributed by atoms with Crippen LogP contribution in [-0.2, 0) is 22.4 Å². The fourth-order valence-electron chi connectivity index (χ4n) is 2.89. The van der Waals surface area contributed by atoms with Gasteiger partial charge in [0.25, 0.3) is 0 Å². The zero-order chi connectivity index (χ0) is 15.0. The Balaban J connectivity index is 1.77. The summed E-state index contributed by atoms with van der Waals surface area (Å²) < 4.78 is 0. The number of piperidine rings is 1. The maximum atomic E-state index is 12.2. The number of hydrogen-bond donors (Lipinski definition) is 3. The molecule has 1 aromatic rings. The van der Waals surface area contributed by atoms with Crippen LogP contribution in [-0.4, -0.2) is 29.4 Å². The van der Waals surface area contributed by atoms with E-state index in [-0.39, 0.29) is 23.3 Å². The zero-order valence-electron chi connectivity index (χ0n) is 11.4. The zero-order valence-corrected chi connectivity index (χ0v) is 12.2. The smallest absolute Gasteiger partial charge is 0.339 e. The van der Waals surface area contributed by atoms with Gasteiger partial charge in [-0.05, 0) is 31.2 Å². The van der Waals surface area contributed by atoms with Crippen LogP contribution >= 0.6 is 11.3 Å². The number of carbonyl (C=O) groups is 3. The van der Waals surface area contributed by atoms with Crippen LogP contribution < -0.4 is 10.6 Å². The minimum absolute atomic E-state index is 0.0413. The molecule has 1 saturated heterocycles. The predicted octanol–water partition coefficient (Wildman–Crippen LogP) is 1.40. The fraction of sp³-hybridized carbons (Fsp3) is 0.500. The van der Waals surface area contributed by atoms with E-state index in [1.807, 2.05) is 0 Å². The third kappa shape index (κ3) is 2.65. The minimum Gasteiger partial charge on any atom is -0.478 e. The molecule has 0 spiro atoms. The lowest BCUT2D eigenvalue weighted by atomic mass is 9.98. The Kier molecular flexibility index (Phi) is 3.67. The molecule has 0 radical (unpaired) electrons. The number of aromatic carboxylic acids is 1. The number of anilines is 1. The van der Waals surface area contributed by atoms with Crippen molar-refractivity contribution in [2.75, 3.05) is 11.9 Å². The van der Waals surface area contributed by atoms with Crippen molar-refractivity contribution in [3.63, 3.8) is 0 Å². The van der Waals surface area contributed by atoms with E-state index in [1.165, 1.54) is 11.3 Å². The van der Waals surface area contributed by atoms with Crippen LogP contribution in [0.15, 0.2) is 0 Å². The molecule has 1 unspecified atom stereocenters. The van der Waals surface area contributed by atoms with E-state index >= 15 is 0 Å². The van der Waals surface area contributed by atoms with Crippen LogP contribution in [0.2, 0.25) is 0 Å². The van der Waals surface area contributed by atoms with Crippen LogP contribution in [0.1, 0.15) is 40.1 Å². The summed E-state index contributed by atoms with van der Waals surface area (Å²) in [6.45, 7) is 0.318. The first-order valence-corrected chi connectivity index (χ1v) is 7.83. The summed E-state index contributed by atoms with van der Waals surface area (Å²) >= 11 is 1.37. The number of carboxylic acid groups (broad SMARTS) is 1. The molecular formula is C14H16N2O4S. The normalized spacial score (nSPS) is 20.8. The molecule has 0 bridgehead atoms. The van der Waals surface area contributed by atoms with E-state index in [1.54, 1.807) is 0 Å². The molecule has 1 aromatic heterocycles. The molecule has 2 heterocycles. The molecule has 7 heteroatoms. The first-order valence-electron chi connectivity index (χ1n) is 7.01. The lowest BCUT2D eigenvalue weighted by molar-refractivity contribution is -0.126. The van der Waals surface area contributed by atoms with Gasteiger partial charge in [-0.15, -0.1) is 11.3 Å². The van der Waals surface area contributed by atoms with Gasteiger partial charge in [-0.2, -0.15) is 0 Å². The van der Waals surface area contributed by atoms with E-state index in [2.05, 4.69) is 10.6 Å². The van der Waals surface area contributed by atoms with E-state index < -0.39 is 5.97 Å². The van der Waals surface area contributed by atoms with Gasteiger partial charge in [0, 0.05) is 17.8 Å². The van der Waals surface area contributed by atoms with Gasteiger partial charge in [0.2, 0.25) is 11.8 Å². The van der Waals surface area contributed by atoms with Crippen molar-refractivity contribution in [3.05, 3.63) is 16.0 Å². The molecule has 1 fully saturated rings. The largest absolute Gasteiger partial charge is 0.478 e. The second kappa shape index (κ2) is 5.48. The molecule has 2 aliphatic rings. The Labute approximate surface area is 125 Å². The number of hydrogen-bond acceptors (Lipinski definition) is 4. The topological polar surface area (TPSA) is 95.5 Å². The molecule has 2 amide bonds. The monoisotopic (exact) mass is 308 g/mol. The molecule has 3 rings (SSSR count). The maximum absolute atomic E-state index is 12.2. The van der Waals surface area contributed by atoms with Crippen LogP contribution in [0.25, 0.3) is 0 Å². The van der Waals surface area contributed by atoms with Crippen molar-refractivity contribution in [1.29, 1.82) is 0 Å². The molecule has 0 aromatic carbocycles. The SMILES string of the molecule is O=C1CCC(C(=O)Nc2sc3c(c2C(=O)O)CCC3)CN1. The Hall–Kier alpha value is -1.89. The second-order valence-corrected chi connectivity index (χ2v) is 6.50. The number of carbonyl (C=O) groups excluding carboxylic acids is 2. The van der Waals surface area contributed by atoms with Crippen molar-refractivity contribution < 1.29 is 19.5 Å². The average molecular weight is 308 g/mol. The summed E-state index contributed by atoms with van der Waals surface area (Å²) in [7, 11) is 0. The number of carboxylic acids is 1. The summed E-state index contributed by atoms with van der Waals surface area (Å²) in [6.07, 6.45) is 3.47. The summed E-state index contributed by atoms with van der Waals surface area (Å²) in [6, 6.07) is 0. The number of nitrogens with one attached hydrogen (secondary N) is 2. The minimum atomic E-state index is -0.985. The van der Waals surface area contributed by atoms with Crippen LogP contribution in [0.3, 0.4) is 0 Å².